The molecule has 132 valence electrons. The molecule has 0 aliphatic carbocycles. The fourth-order valence-corrected chi connectivity index (χ4v) is 1.97. The van der Waals surface area contributed by atoms with Gasteiger partial charge >= 0.3 is 11.9 Å². The molecular weight excluding hydrogens is 324 g/mol. The van der Waals surface area contributed by atoms with Crippen LogP contribution >= 0.6 is 0 Å². The molecule has 2 aromatic carbocycles. The molecule has 25 heavy (non-hydrogen) atoms. The summed E-state index contributed by atoms with van der Waals surface area (Å²) in [4.78, 5) is 23.1. The third-order valence-corrected chi connectivity index (χ3v) is 3.18. The van der Waals surface area contributed by atoms with Gasteiger partial charge in [0.25, 0.3) is 0 Å². The van der Waals surface area contributed by atoms with Gasteiger partial charge < -0.3 is 18.9 Å². The third kappa shape index (κ3) is 5.53. The van der Waals surface area contributed by atoms with E-state index in [4.69, 9.17) is 18.9 Å². The first kappa shape index (κ1) is 18.3. The Morgan fingerprint density at radius 2 is 1.04 bits per heavy atom. The van der Waals surface area contributed by atoms with Crippen LogP contribution in [0.15, 0.2) is 48.5 Å². The van der Waals surface area contributed by atoms with E-state index in [1.807, 2.05) is 0 Å². The van der Waals surface area contributed by atoms with Crippen molar-refractivity contribution in [2.45, 2.75) is 13.8 Å². The minimum Gasteiger partial charge on any atom is -0.462 e. The molecule has 0 heterocycles. The summed E-state index contributed by atoms with van der Waals surface area (Å²) in [5, 5.41) is 0. The van der Waals surface area contributed by atoms with Crippen molar-refractivity contribution in [1.82, 2.24) is 0 Å². The average molecular weight is 344 g/mol. The molecule has 0 N–H and O–H groups in total. The van der Waals surface area contributed by atoms with Crippen LogP contribution in [-0.2, 0) is 9.47 Å². The van der Waals surface area contributed by atoms with E-state index in [0.717, 1.165) is 0 Å². The van der Waals surface area contributed by atoms with Crippen molar-refractivity contribution in [3.05, 3.63) is 59.7 Å². The van der Waals surface area contributed by atoms with E-state index in [0.29, 0.717) is 35.8 Å². The summed E-state index contributed by atoms with van der Waals surface area (Å²) >= 11 is 0. The van der Waals surface area contributed by atoms with E-state index in [1.165, 1.54) is 0 Å². The van der Waals surface area contributed by atoms with Crippen molar-refractivity contribution >= 4 is 11.9 Å². The van der Waals surface area contributed by atoms with Crippen molar-refractivity contribution in [3.8, 4) is 11.5 Å². The molecule has 0 bridgehead atoms. The minimum absolute atomic E-state index is 0.00247. The Morgan fingerprint density at radius 1 is 0.680 bits per heavy atom. The van der Waals surface area contributed by atoms with Crippen molar-refractivity contribution in [2.75, 3.05) is 20.0 Å². The molecule has 0 fully saturated rings. The first-order valence-corrected chi connectivity index (χ1v) is 7.94. The van der Waals surface area contributed by atoms with Crippen LogP contribution < -0.4 is 9.47 Å². The van der Waals surface area contributed by atoms with Gasteiger partial charge in [0.05, 0.1) is 24.3 Å². The van der Waals surface area contributed by atoms with Crippen LogP contribution in [0.3, 0.4) is 0 Å². The topological polar surface area (TPSA) is 71.1 Å². The van der Waals surface area contributed by atoms with E-state index in [-0.39, 0.29) is 18.7 Å². The fourth-order valence-electron chi connectivity index (χ4n) is 1.97. The van der Waals surface area contributed by atoms with Crippen LogP contribution in [0.2, 0.25) is 0 Å². The van der Waals surface area contributed by atoms with Crippen molar-refractivity contribution in [3.63, 3.8) is 0 Å². The molecule has 0 spiro atoms. The highest BCUT2D eigenvalue weighted by Crippen LogP contribution is 2.16. The lowest BCUT2D eigenvalue weighted by molar-refractivity contribution is 0.0516. The zero-order valence-electron chi connectivity index (χ0n) is 14.2. The molecule has 0 saturated heterocycles. The molecule has 6 heteroatoms. The Bertz CT molecular complexity index is 629. The maximum Gasteiger partial charge on any atom is 0.338 e. The summed E-state index contributed by atoms with van der Waals surface area (Å²) in [5.41, 5.74) is 0.925. The molecule has 6 nitrogen and oxygen atoms in total. The smallest absolute Gasteiger partial charge is 0.338 e. The van der Waals surface area contributed by atoms with Gasteiger partial charge in [-0.05, 0) is 62.4 Å². The Kier molecular flexibility index (Phi) is 6.83. The molecule has 0 amide bonds. The van der Waals surface area contributed by atoms with E-state index in [2.05, 4.69) is 0 Å². The van der Waals surface area contributed by atoms with Crippen molar-refractivity contribution < 1.29 is 28.5 Å². The molecule has 2 rings (SSSR count). The standard InChI is InChI=1S/C19H20O6/c1-3-22-18(20)14-5-9-16(10-6-14)24-13-25-17-11-7-15(8-12-17)19(21)23-4-2/h5-12H,3-4,13H2,1-2H3. The third-order valence-electron chi connectivity index (χ3n) is 3.18. The second-order valence-corrected chi connectivity index (χ2v) is 4.90. The monoisotopic (exact) mass is 344 g/mol. The van der Waals surface area contributed by atoms with E-state index in [9.17, 15) is 9.59 Å². The highest BCUT2D eigenvalue weighted by Gasteiger charge is 2.07. The number of benzene rings is 2. The zero-order valence-corrected chi connectivity index (χ0v) is 14.2. The van der Waals surface area contributed by atoms with E-state index < -0.39 is 0 Å². The van der Waals surface area contributed by atoms with Gasteiger partial charge in [-0.3, -0.25) is 0 Å². The molecule has 0 radical (unpaired) electrons. The molecule has 0 aliphatic heterocycles. The number of carbonyl (C=O) groups excluding carboxylic acids is 2. The Morgan fingerprint density at radius 3 is 1.36 bits per heavy atom. The second-order valence-electron chi connectivity index (χ2n) is 4.90. The summed E-state index contributed by atoms with van der Waals surface area (Å²) in [6.45, 7) is 4.18. The lowest BCUT2D eigenvalue weighted by atomic mass is 10.2. The van der Waals surface area contributed by atoms with Crippen molar-refractivity contribution in [2.24, 2.45) is 0 Å². The Hall–Kier alpha value is -3.02. The predicted octanol–water partition coefficient (Wildman–Crippen LogP) is 3.46. The van der Waals surface area contributed by atoms with Gasteiger partial charge in [-0.15, -0.1) is 0 Å². The molecule has 0 atom stereocenters. The van der Waals surface area contributed by atoms with Gasteiger partial charge in [0.2, 0.25) is 6.79 Å². The predicted molar refractivity (Wildman–Crippen MR) is 90.9 cm³/mol. The number of hydrogen-bond acceptors (Lipinski definition) is 6. The number of carbonyl (C=O) groups is 2. The normalized spacial score (nSPS) is 10.0. The number of rotatable bonds is 8. The quantitative estimate of drug-likeness (QED) is 0.539. The lowest BCUT2D eigenvalue weighted by Crippen LogP contribution is -2.07. The van der Waals surface area contributed by atoms with Gasteiger partial charge in [0.1, 0.15) is 11.5 Å². The molecule has 0 saturated carbocycles. The summed E-state index contributed by atoms with van der Waals surface area (Å²) < 4.78 is 20.7. The minimum atomic E-state index is -0.369. The Labute approximate surface area is 146 Å². The molecule has 0 aliphatic rings. The van der Waals surface area contributed by atoms with Gasteiger partial charge in [0, 0.05) is 0 Å². The number of esters is 2. The summed E-state index contributed by atoms with van der Waals surface area (Å²) in [6.07, 6.45) is 0. The maximum absolute atomic E-state index is 11.6. The molecular formula is C19H20O6. The molecule has 0 aromatic heterocycles. The van der Waals surface area contributed by atoms with Crippen LogP contribution in [0.1, 0.15) is 34.6 Å². The van der Waals surface area contributed by atoms with Crippen molar-refractivity contribution in [1.29, 1.82) is 0 Å². The highest BCUT2D eigenvalue weighted by molar-refractivity contribution is 5.89. The van der Waals surface area contributed by atoms with Crippen LogP contribution in [-0.4, -0.2) is 31.9 Å². The van der Waals surface area contributed by atoms with Crippen LogP contribution in [0.25, 0.3) is 0 Å². The lowest BCUT2D eigenvalue weighted by Gasteiger charge is -2.09. The Balaban J connectivity index is 1.82. The van der Waals surface area contributed by atoms with Gasteiger partial charge in [-0.1, -0.05) is 0 Å². The average Bonchev–Trinajstić information content (AvgIpc) is 2.63. The fraction of sp³-hybridized carbons (Fsp3) is 0.263. The largest absolute Gasteiger partial charge is 0.462 e. The highest BCUT2D eigenvalue weighted by atomic mass is 16.7. The first-order chi connectivity index (χ1) is 12.1. The summed E-state index contributed by atoms with van der Waals surface area (Å²) in [5.74, 6) is 0.395. The first-order valence-electron chi connectivity index (χ1n) is 7.94. The van der Waals surface area contributed by atoms with Crippen LogP contribution in [0, 0.1) is 0 Å². The van der Waals surface area contributed by atoms with E-state index in [1.54, 1.807) is 62.4 Å². The maximum atomic E-state index is 11.6. The molecule has 2 aromatic rings. The SMILES string of the molecule is CCOC(=O)c1ccc(OCOc2ccc(C(=O)OCC)cc2)cc1. The van der Waals surface area contributed by atoms with Crippen LogP contribution in [0.4, 0.5) is 0 Å². The van der Waals surface area contributed by atoms with Gasteiger partial charge in [-0.25, -0.2) is 9.59 Å². The molecule has 0 unspecified atom stereocenters. The second kappa shape index (κ2) is 9.32. The van der Waals surface area contributed by atoms with Gasteiger partial charge in [-0.2, -0.15) is 0 Å². The number of ether oxygens (including phenoxy) is 4. The number of hydrogen-bond donors (Lipinski definition) is 0. The summed E-state index contributed by atoms with van der Waals surface area (Å²) in [6, 6.07) is 13.2. The van der Waals surface area contributed by atoms with Gasteiger partial charge in [0.15, 0.2) is 0 Å². The summed E-state index contributed by atoms with van der Waals surface area (Å²) in [7, 11) is 0. The van der Waals surface area contributed by atoms with E-state index >= 15 is 0 Å². The van der Waals surface area contributed by atoms with Crippen LogP contribution in [0.5, 0.6) is 11.5 Å². The zero-order chi connectivity index (χ0) is 18.1.